The number of hydrogen-bond acceptors (Lipinski definition) is 1. The molecule has 0 saturated heterocycles. The topological polar surface area (TPSA) is 12.4 Å². The number of allylic oxidation sites excluding steroid dienone is 1. The predicted molar refractivity (Wildman–Crippen MR) is 42.8 cm³/mol. The average Bonchev–Trinajstić information content (AvgIpc) is 1.80. The molecule has 0 saturated carbocycles. The van der Waals surface area contributed by atoms with Gasteiger partial charge in [-0.1, -0.05) is 19.9 Å². The van der Waals surface area contributed by atoms with Crippen LogP contribution in [0.1, 0.15) is 27.2 Å². The minimum absolute atomic E-state index is 0.744. The second-order valence-electron chi connectivity index (χ2n) is 2.42. The molecule has 0 atom stereocenters. The Bertz CT molecular complexity index is 101. The number of rotatable bonds is 3. The summed E-state index contributed by atoms with van der Waals surface area (Å²) in [4.78, 5) is 3.94. The molecule has 0 unspecified atom stereocenters. The highest BCUT2D eigenvalue weighted by atomic mass is 14.6. The minimum atomic E-state index is 0.744. The number of aliphatic imine (C=N–C) groups is 1. The summed E-state index contributed by atoms with van der Waals surface area (Å²) in [5.74, 6) is 0.744. The van der Waals surface area contributed by atoms with Crippen LogP contribution in [-0.4, -0.2) is 6.21 Å². The van der Waals surface area contributed by atoms with E-state index in [1.807, 2.05) is 13.1 Å². The molecule has 0 spiro atoms. The van der Waals surface area contributed by atoms with Gasteiger partial charge in [-0.15, -0.1) is 0 Å². The van der Waals surface area contributed by atoms with Gasteiger partial charge in [-0.3, -0.25) is 4.99 Å². The van der Waals surface area contributed by atoms with E-state index in [-0.39, 0.29) is 0 Å². The van der Waals surface area contributed by atoms with Crippen molar-refractivity contribution in [2.24, 2.45) is 10.9 Å². The highest BCUT2D eigenvalue weighted by Gasteiger charge is 1.84. The summed E-state index contributed by atoms with van der Waals surface area (Å²) >= 11 is 0. The number of hydrogen-bond donors (Lipinski definition) is 0. The van der Waals surface area contributed by atoms with Crippen molar-refractivity contribution in [1.29, 1.82) is 0 Å². The van der Waals surface area contributed by atoms with E-state index < -0.39 is 0 Å². The second-order valence-corrected chi connectivity index (χ2v) is 2.42. The Morgan fingerprint density at radius 3 is 2.56 bits per heavy atom. The van der Waals surface area contributed by atoms with Gasteiger partial charge in [0.2, 0.25) is 0 Å². The Hall–Kier alpha value is -0.590. The third kappa shape index (κ3) is 7.41. The monoisotopic (exact) mass is 125 g/mol. The van der Waals surface area contributed by atoms with Gasteiger partial charge in [0.1, 0.15) is 0 Å². The van der Waals surface area contributed by atoms with E-state index in [4.69, 9.17) is 0 Å². The Morgan fingerprint density at radius 2 is 2.11 bits per heavy atom. The summed E-state index contributed by atoms with van der Waals surface area (Å²) < 4.78 is 0. The third-order valence-corrected chi connectivity index (χ3v) is 0.948. The van der Waals surface area contributed by atoms with Gasteiger partial charge in [-0.05, 0) is 19.3 Å². The van der Waals surface area contributed by atoms with Gasteiger partial charge >= 0.3 is 0 Å². The van der Waals surface area contributed by atoms with Crippen LogP contribution in [0.5, 0.6) is 0 Å². The fraction of sp³-hybridized carbons (Fsp3) is 0.625. The lowest BCUT2D eigenvalue weighted by Crippen LogP contribution is -1.80. The molecule has 0 amide bonds. The van der Waals surface area contributed by atoms with Gasteiger partial charge < -0.3 is 0 Å². The van der Waals surface area contributed by atoms with Gasteiger partial charge in [0.15, 0.2) is 0 Å². The zero-order valence-electron chi connectivity index (χ0n) is 6.46. The van der Waals surface area contributed by atoms with Gasteiger partial charge in [-0.25, -0.2) is 0 Å². The maximum atomic E-state index is 3.94. The Balaban J connectivity index is 3.25. The van der Waals surface area contributed by atoms with Gasteiger partial charge in [-0.2, -0.15) is 0 Å². The first kappa shape index (κ1) is 8.41. The molecule has 9 heavy (non-hydrogen) atoms. The fourth-order valence-electron chi connectivity index (χ4n) is 0.480. The van der Waals surface area contributed by atoms with Gasteiger partial charge in [0, 0.05) is 12.4 Å². The van der Waals surface area contributed by atoms with Crippen LogP contribution in [-0.2, 0) is 0 Å². The van der Waals surface area contributed by atoms with Crippen molar-refractivity contribution >= 4 is 6.21 Å². The molecule has 0 aromatic rings. The summed E-state index contributed by atoms with van der Waals surface area (Å²) in [6.45, 7) is 6.31. The van der Waals surface area contributed by atoms with E-state index >= 15 is 0 Å². The van der Waals surface area contributed by atoms with Crippen LogP contribution in [0.3, 0.4) is 0 Å². The molecule has 0 bridgehead atoms. The summed E-state index contributed by atoms with van der Waals surface area (Å²) in [5, 5.41) is 0. The maximum absolute atomic E-state index is 3.94. The van der Waals surface area contributed by atoms with E-state index in [1.54, 1.807) is 6.21 Å². The lowest BCUT2D eigenvalue weighted by atomic mass is 10.1. The molecule has 0 aliphatic carbocycles. The predicted octanol–water partition coefficient (Wildman–Crippen LogP) is 2.64. The zero-order valence-corrected chi connectivity index (χ0v) is 6.46. The van der Waals surface area contributed by atoms with Crippen molar-refractivity contribution in [2.45, 2.75) is 27.2 Å². The van der Waals surface area contributed by atoms with Crippen molar-refractivity contribution in [2.75, 3.05) is 0 Å². The van der Waals surface area contributed by atoms with Crippen LogP contribution in [0, 0.1) is 5.92 Å². The van der Waals surface area contributed by atoms with E-state index in [9.17, 15) is 0 Å². The highest BCUT2D eigenvalue weighted by molar-refractivity contribution is 5.54. The van der Waals surface area contributed by atoms with Crippen molar-refractivity contribution in [3.8, 4) is 0 Å². The SMILES string of the molecule is CC=NC=CCC(C)C. The molecule has 0 aromatic carbocycles. The fourth-order valence-corrected chi connectivity index (χ4v) is 0.480. The van der Waals surface area contributed by atoms with E-state index in [2.05, 4.69) is 24.9 Å². The molecule has 0 radical (unpaired) electrons. The van der Waals surface area contributed by atoms with E-state index in [0.29, 0.717) is 0 Å². The van der Waals surface area contributed by atoms with Crippen molar-refractivity contribution < 1.29 is 0 Å². The minimum Gasteiger partial charge on any atom is -0.270 e. The summed E-state index contributed by atoms with van der Waals surface area (Å²) in [7, 11) is 0. The molecule has 0 heterocycles. The van der Waals surface area contributed by atoms with E-state index in [1.165, 1.54) is 0 Å². The zero-order chi connectivity index (χ0) is 7.11. The lowest BCUT2D eigenvalue weighted by molar-refractivity contribution is 0.663. The van der Waals surface area contributed by atoms with Crippen molar-refractivity contribution in [3.05, 3.63) is 12.3 Å². The molecule has 1 heteroatoms. The molecular weight excluding hydrogens is 110 g/mol. The smallest absolute Gasteiger partial charge is 0.0223 e. The lowest BCUT2D eigenvalue weighted by Gasteiger charge is -1.93. The van der Waals surface area contributed by atoms with Crippen LogP contribution < -0.4 is 0 Å². The molecule has 0 aromatic heterocycles. The van der Waals surface area contributed by atoms with Crippen LogP contribution in [0.25, 0.3) is 0 Å². The van der Waals surface area contributed by atoms with Crippen molar-refractivity contribution in [3.63, 3.8) is 0 Å². The largest absolute Gasteiger partial charge is 0.270 e. The Labute approximate surface area is 57.5 Å². The van der Waals surface area contributed by atoms with Gasteiger partial charge in [0.25, 0.3) is 0 Å². The Kier molecular flexibility index (Phi) is 5.18. The molecule has 0 aliphatic heterocycles. The van der Waals surface area contributed by atoms with Crippen molar-refractivity contribution in [1.82, 2.24) is 0 Å². The maximum Gasteiger partial charge on any atom is 0.0223 e. The van der Waals surface area contributed by atoms with Crippen LogP contribution in [0.15, 0.2) is 17.3 Å². The third-order valence-electron chi connectivity index (χ3n) is 0.948. The molecule has 0 aliphatic rings. The number of nitrogens with zero attached hydrogens (tertiary/aromatic N) is 1. The summed E-state index contributed by atoms with van der Waals surface area (Å²) in [5.41, 5.74) is 0. The molecular formula is C8H15N. The molecule has 0 fully saturated rings. The quantitative estimate of drug-likeness (QED) is 0.514. The first-order valence-electron chi connectivity index (χ1n) is 3.40. The normalized spacial score (nSPS) is 12.4. The van der Waals surface area contributed by atoms with Gasteiger partial charge in [0.05, 0.1) is 0 Å². The van der Waals surface area contributed by atoms with Crippen LogP contribution >= 0.6 is 0 Å². The Morgan fingerprint density at radius 1 is 1.44 bits per heavy atom. The van der Waals surface area contributed by atoms with Crippen LogP contribution in [0.4, 0.5) is 0 Å². The molecule has 52 valence electrons. The molecule has 1 nitrogen and oxygen atoms in total. The summed E-state index contributed by atoms with van der Waals surface area (Å²) in [6.07, 6.45) is 6.85. The molecule has 0 N–H and O–H groups in total. The molecule has 0 rings (SSSR count). The average molecular weight is 125 g/mol. The highest BCUT2D eigenvalue weighted by Crippen LogP contribution is 1.98. The van der Waals surface area contributed by atoms with Crippen LogP contribution in [0.2, 0.25) is 0 Å². The first-order valence-corrected chi connectivity index (χ1v) is 3.40. The second kappa shape index (κ2) is 5.54. The van der Waals surface area contributed by atoms with E-state index in [0.717, 1.165) is 12.3 Å². The standard InChI is InChI=1S/C8H15N/c1-4-9-7-5-6-8(2)3/h4-5,7-8H,6H2,1-3H3. The first-order chi connectivity index (χ1) is 4.27. The summed E-state index contributed by atoms with van der Waals surface area (Å²) in [6, 6.07) is 0.